The van der Waals surface area contributed by atoms with E-state index >= 15 is 0 Å². The molecule has 78 valence electrons. The fourth-order valence-electron chi connectivity index (χ4n) is 2.16. The second-order valence-electron chi connectivity index (χ2n) is 4.81. The fraction of sp³-hybridized carbons (Fsp3) is 1.00. The standard InChI is InChI=1S/C11H22O2/c1-6-9-10(12)7(2)8(3)11(4,5)13-9/h7-10,12H,6H2,1-5H3/t7?,8-,9?,10-/m0/s1. The van der Waals surface area contributed by atoms with Gasteiger partial charge < -0.3 is 9.84 Å². The molecule has 0 aromatic rings. The largest absolute Gasteiger partial charge is 0.390 e. The second kappa shape index (κ2) is 3.58. The van der Waals surface area contributed by atoms with Crippen LogP contribution in [0.15, 0.2) is 0 Å². The molecular formula is C11H22O2. The quantitative estimate of drug-likeness (QED) is 0.680. The van der Waals surface area contributed by atoms with Crippen molar-refractivity contribution in [1.82, 2.24) is 0 Å². The normalized spacial score (nSPS) is 44.8. The highest BCUT2D eigenvalue weighted by molar-refractivity contribution is 4.92. The van der Waals surface area contributed by atoms with E-state index in [-0.39, 0.29) is 17.8 Å². The lowest BCUT2D eigenvalue weighted by atomic mass is 9.75. The molecule has 1 saturated heterocycles. The van der Waals surface area contributed by atoms with Crippen molar-refractivity contribution >= 4 is 0 Å². The Labute approximate surface area is 81.3 Å². The third-order valence-corrected chi connectivity index (χ3v) is 3.66. The third kappa shape index (κ3) is 1.89. The predicted octanol–water partition coefficient (Wildman–Crippen LogP) is 2.21. The van der Waals surface area contributed by atoms with Crippen molar-refractivity contribution in [2.75, 3.05) is 0 Å². The van der Waals surface area contributed by atoms with E-state index in [1.165, 1.54) is 0 Å². The Morgan fingerprint density at radius 1 is 1.31 bits per heavy atom. The van der Waals surface area contributed by atoms with E-state index in [1.807, 2.05) is 0 Å². The first-order chi connectivity index (χ1) is 5.90. The lowest BCUT2D eigenvalue weighted by Crippen LogP contribution is -2.53. The van der Waals surface area contributed by atoms with Crippen LogP contribution in [0.25, 0.3) is 0 Å². The van der Waals surface area contributed by atoms with E-state index < -0.39 is 0 Å². The summed E-state index contributed by atoms with van der Waals surface area (Å²) >= 11 is 0. The number of ether oxygens (including phenoxy) is 1. The summed E-state index contributed by atoms with van der Waals surface area (Å²) in [5.41, 5.74) is -0.0979. The number of rotatable bonds is 1. The molecule has 0 spiro atoms. The van der Waals surface area contributed by atoms with Crippen molar-refractivity contribution in [2.45, 2.75) is 58.8 Å². The summed E-state index contributed by atoms with van der Waals surface area (Å²) in [6, 6.07) is 0. The van der Waals surface area contributed by atoms with Crippen LogP contribution in [0.5, 0.6) is 0 Å². The van der Waals surface area contributed by atoms with Crippen LogP contribution in [-0.2, 0) is 4.74 Å². The van der Waals surface area contributed by atoms with Crippen molar-refractivity contribution in [1.29, 1.82) is 0 Å². The Morgan fingerprint density at radius 2 is 1.85 bits per heavy atom. The number of hydrogen-bond donors (Lipinski definition) is 1. The van der Waals surface area contributed by atoms with Crippen molar-refractivity contribution in [2.24, 2.45) is 11.8 Å². The molecule has 2 unspecified atom stereocenters. The SMILES string of the molecule is CCC1OC(C)(C)[C@@H](C)C(C)[C@@H]1O. The van der Waals surface area contributed by atoms with Gasteiger partial charge in [-0.3, -0.25) is 0 Å². The van der Waals surface area contributed by atoms with E-state index in [0.717, 1.165) is 6.42 Å². The van der Waals surface area contributed by atoms with Crippen LogP contribution in [0.1, 0.15) is 41.0 Å². The topological polar surface area (TPSA) is 29.5 Å². The number of hydrogen-bond acceptors (Lipinski definition) is 2. The minimum absolute atomic E-state index is 0.0150. The second-order valence-corrected chi connectivity index (χ2v) is 4.81. The molecule has 0 saturated carbocycles. The molecule has 1 fully saturated rings. The molecule has 0 radical (unpaired) electrons. The Balaban J connectivity index is 2.79. The molecule has 0 aromatic carbocycles. The molecule has 1 rings (SSSR count). The summed E-state index contributed by atoms with van der Waals surface area (Å²) in [7, 11) is 0. The molecule has 2 nitrogen and oxygen atoms in total. The minimum Gasteiger partial charge on any atom is -0.390 e. The highest BCUT2D eigenvalue weighted by atomic mass is 16.5. The number of aliphatic hydroxyl groups excluding tert-OH is 1. The first-order valence-electron chi connectivity index (χ1n) is 5.26. The molecule has 1 heterocycles. The summed E-state index contributed by atoms with van der Waals surface area (Å²) < 4.78 is 5.87. The van der Waals surface area contributed by atoms with Crippen LogP contribution in [0.4, 0.5) is 0 Å². The smallest absolute Gasteiger partial charge is 0.0841 e. The van der Waals surface area contributed by atoms with Gasteiger partial charge in [-0.2, -0.15) is 0 Å². The predicted molar refractivity (Wildman–Crippen MR) is 53.6 cm³/mol. The van der Waals surface area contributed by atoms with Gasteiger partial charge in [-0.15, -0.1) is 0 Å². The van der Waals surface area contributed by atoms with Gasteiger partial charge in [0.15, 0.2) is 0 Å². The first kappa shape index (κ1) is 11.0. The van der Waals surface area contributed by atoms with Crippen LogP contribution < -0.4 is 0 Å². The van der Waals surface area contributed by atoms with Gasteiger partial charge in [0, 0.05) is 0 Å². The zero-order chi connectivity index (χ0) is 10.2. The molecule has 2 heteroatoms. The van der Waals surface area contributed by atoms with Crippen LogP contribution in [-0.4, -0.2) is 22.9 Å². The fourth-order valence-corrected chi connectivity index (χ4v) is 2.16. The highest BCUT2D eigenvalue weighted by Gasteiger charge is 2.43. The van der Waals surface area contributed by atoms with E-state index in [2.05, 4.69) is 34.6 Å². The summed E-state index contributed by atoms with van der Waals surface area (Å²) in [6.45, 7) is 10.6. The molecule has 0 aromatic heterocycles. The zero-order valence-corrected chi connectivity index (χ0v) is 9.37. The van der Waals surface area contributed by atoms with Gasteiger partial charge in [-0.1, -0.05) is 20.8 Å². The maximum atomic E-state index is 9.92. The summed E-state index contributed by atoms with van der Waals surface area (Å²) in [5.74, 6) is 0.735. The van der Waals surface area contributed by atoms with Crippen LogP contribution in [0.2, 0.25) is 0 Å². The molecular weight excluding hydrogens is 164 g/mol. The van der Waals surface area contributed by atoms with Crippen LogP contribution in [0.3, 0.4) is 0 Å². The minimum atomic E-state index is -0.298. The van der Waals surface area contributed by atoms with Crippen LogP contribution in [0, 0.1) is 11.8 Å². The van der Waals surface area contributed by atoms with E-state index in [1.54, 1.807) is 0 Å². The maximum absolute atomic E-state index is 9.92. The van der Waals surface area contributed by atoms with E-state index in [9.17, 15) is 5.11 Å². The molecule has 1 aliphatic rings. The molecule has 0 aliphatic carbocycles. The van der Waals surface area contributed by atoms with Gasteiger partial charge in [0.1, 0.15) is 0 Å². The van der Waals surface area contributed by atoms with Gasteiger partial charge in [-0.05, 0) is 32.1 Å². The Kier molecular flexibility index (Phi) is 3.03. The van der Waals surface area contributed by atoms with Gasteiger partial charge in [-0.25, -0.2) is 0 Å². The molecule has 1 N–H and O–H groups in total. The average Bonchev–Trinajstić information content (AvgIpc) is 2.08. The first-order valence-corrected chi connectivity index (χ1v) is 5.26. The maximum Gasteiger partial charge on any atom is 0.0841 e. The third-order valence-electron chi connectivity index (χ3n) is 3.66. The van der Waals surface area contributed by atoms with E-state index in [0.29, 0.717) is 11.8 Å². The molecule has 1 aliphatic heterocycles. The lowest BCUT2D eigenvalue weighted by molar-refractivity contribution is -0.209. The average molecular weight is 186 g/mol. The van der Waals surface area contributed by atoms with Crippen molar-refractivity contribution in [3.63, 3.8) is 0 Å². The summed E-state index contributed by atoms with van der Waals surface area (Å²) in [5, 5.41) is 9.92. The zero-order valence-electron chi connectivity index (χ0n) is 9.37. The van der Waals surface area contributed by atoms with Crippen molar-refractivity contribution < 1.29 is 9.84 Å². The van der Waals surface area contributed by atoms with Crippen molar-refractivity contribution in [3.05, 3.63) is 0 Å². The van der Waals surface area contributed by atoms with Gasteiger partial charge in [0.2, 0.25) is 0 Å². The molecule has 0 bridgehead atoms. The molecule has 0 amide bonds. The molecule has 4 atom stereocenters. The Hall–Kier alpha value is -0.0800. The lowest BCUT2D eigenvalue weighted by Gasteiger charge is -2.47. The van der Waals surface area contributed by atoms with Gasteiger partial charge in [0.25, 0.3) is 0 Å². The monoisotopic (exact) mass is 186 g/mol. The van der Waals surface area contributed by atoms with Gasteiger partial charge >= 0.3 is 0 Å². The summed E-state index contributed by atoms with van der Waals surface area (Å²) in [6.07, 6.45) is 0.607. The van der Waals surface area contributed by atoms with E-state index in [4.69, 9.17) is 4.74 Å². The Bertz CT molecular complexity index is 175. The molecule has 13 heavy (non-hydrogen) atoms. The van der Waals surface area contributed by atoms with Crippen LogP contribution >= 0.6 is 0 Å². The number of aliphatic hydroxyl groups is 1. The summed E-state index contributed by atoms with van der Waals surface area (Å²) in [4.78, 5) is 0. The Morgan fingerprint density at radius 3 is 2.31 bits per heavy atom. The van der Waals surface area contributed by atoms with Gasteiger partial charge in [0.05, 0.1) is 17.8 Å². The highest BCUT2D eigenvalue weighted by Crippen LogP contribution is 2.38. The van der Waals surface area contributed by atoms with Crippen molar-refractivity contribution in [3.8, 4) is 0 Å².